The van der Waals surface area contributed by atoms with Gasteiger partial charge in [0.05, 0.1) is 22.8 Å². The molecule has 7 nitrogen and oxygen atoms in total. The number of rotatable bonds is 5. The molecule has 2 fully saturated rings. The number of amides is 1. The molecular formula is C21H23FN2O5S2. The third kappa shape index (κ3) is 4.81. The molecule has 2 aliphatic rings. The van der Waals surface area contributed by atoms with Crippen LogP contribution >= 0.6 is 11.8 Å². The van der Waals surface area contributed by atoms with Crippen molar-refractivity contribution in [1.82, 2.24) is 0 Å². The lowest BCUT2D eigenvalue weighted by Gasteiger charge is -2.29. The molecule has 0 aliphatic carbocycles. The van der Waals surface area contributed by atoms with Crippen LogP contribution < -0.4 is 9.80 Å². The van der Waals surface area contributed by atoms with Crippen molar-refractivity contribution in [1.29, 1.82) is 0 Å². The van der Waals surface area contributed by atoms with Crippen molar-refractivity contribution in [3.8, 4) is 0 Å². The van der Waals surface area contributed by atoms with Crippen molar-refractivity contribution in [2.24, 2.45) is 0 Å². The first kappa shape index (κ1) is 21.9. The number of ether oxygens (including phenoxy) is 1. The first-order chi connectivity index (χ1) is 14.7. The van der Waals surface area contributed by atoms with Crippen LogP contribution in [-0.4, -0.2) is 56.3 Å². The second kappa shape index (κ2) is 8.68. The number of benzene rings is 2. The van der Waals surface area contributed by atoms with Crippen LogP contribution in [0.25, 0.3) is 0 Å². The van der Waals surface area contributed by atoms with Gasteiger partial charge < -0.3 is 9.64 Å². The molecule has 1 N–H and O–H groups in total. The fraction of sp³-hybridized carbons (Fsp3) is 0.381. The van der Waals surface area contributed by atoms with Gasteiger partial charge in [-0.15, -0.1) is 0 Å². The van der Waals surface area contributed by atoms with Crippen molar-refractivity contribution in [3.63, 3.8) is 0 Å². The zero-order valence-corrected chi connectivity index (χ0v) is 18.6. The Bertz CT molecular complexity index is 1100. The molecule has 0 saturated carbocycles. The van der Waals surface area contributed by atoms with Crippen LogP contribution in [-0.2, 0) is 21.3 Å². The number of hydrogen-bond donors (Lipinski definition) is 1. The average molecular weight is 467 g/mol. The van der Waals surface area contributed by atoms with Crippen LogP contribution in [0.5, 0.6) is 0 Å². The van der Waals surface area contributed by atoms with Gasteiger partial charge in [-0.3, -0.25) is 9.45 Å². The maximum atomic E-state index is 14.8. The SMILES string of the molecule is Cc1ccc(S(=O)(=O)O)c(CC2CN(c3ccc(N4CCSCC4)c(F)c3)C(=O)O2)c1. The topological polar surface area (TPSA) is 87.2 Å². The first-order valence-electron chi connectivity index (χ1n) is 9.90. The molecule has 166 valence electrons. The van der Waals surface area contributed by atoms with Crippen LogP contribution in [0.3, 0.4) is 0 Å². The summed E-state index contributed by atoms with van der Waals surface area (Å²) < 4.78 is 53.0. The second-order valence-corrected chi connectivity index (χ2v) is 10.3. The summed E-state index contributed by atoms with van der Waals surface area (Å²) in [6.45, 7) is 3.51. The van der Waals surface area contributed by atoms with E-state index in [9.17, 15) is 22.2 Å². The van der Waals surface area contributed by atoms with Gasteiger partial charge in [-0.1, -0.05) is 17.7 Å². The van der Waals surface area contributed by atoms with Crippen molar-refractivity contribution < 1.29 is 26.9 Å². The van der Waals surface area contributed by atoms with E-state index in [0.717, 1.165) is 30.2 Å². The summed E-state index contributed by atoms with van der Waals surface area (Å²) in [4.78, 5) is 15.6. The Morgan fingerprint density at radius 2 is 1.94 bits per heavy atom. The van der Waals surface area contributed by atoms with Crippen molar-refractivity contribution in [3.05, 3.63) is 53.3 Å². The lowest BCUT2D eigenvalue weighted by molar-refractivity contribution is 0.141. The van der Waals surface area contributed by atoms with Gasteiger partial charge in [0, 0.05) is 31.0 Å². The molecule has 0 aromatic heterocycles. The second-order valence-electron chi connectivity index (χ2n) is 7.64. The summed E-state index contributed by atoms with van der Waals surface area (Å²) in [5, 5.41) is 0. The number of carbonyl (C=O) groups is 1. The Balaban J connectivity index is 1.52. The largest absolute Gasteiger partial charge is 0.444 e. The highest BCUT2D eigenvalue weighted by Crippen LogP contribution is 2.30. The number of nitrogens with zero attached hydrogens (tertiary/aromatic N) is 2. The summed E-state index contributed by atoms with van der Waals surface area (Å²) in [5.74, 6) is 1.51. The van der Waals surface area contributed by atoms with Gasteiger partial charge in [0.1, 0.15) is 11.9 Å². The van der Waals surface area contributed by atoms with Crippen LogP contribution in [0, 0.1) is 12.7 Å². The van der Waals surface area contributed by atoms with E-state index in [1.54, 1.807) is 31.2 Å². The predicted molar refractivity (Wildman–Crippen MR) is 118 cm³/mol. The molecule has 10 heteroatoms. The normalized spacial score (nSPS) is 19.6. The van der Waals surface area contributed by atoms with E-state index < -0.39 is 28.1 Å². The summed E-state index contributed by atoms with van der Waals surface area (Å²) in [5.41, 5.74) is 2.09. The van der Waals surface area contributed by atoms with Gasteiger partial charge in [-0.25, -0.2) is 9.18 Å². The quantitative estimate of drug-likeness (QED) is 0.675. The van der Waals surface area contributed by atoms with E-state index in [0.29, 0.717) is 16.9 Å². The molecule has 2 aromatic rings. The minimum atomic E-state index is -4.40. The van der Waals surface area contributed by atoms with E-state index in [1.807, 2.05) is 16.7 Å². The minimum absolute atomic E-state index is 0.116. The van der Waals surface area contributed by atoms with Gasteiger partial charge in [-0.2, -0.15) is 20.2 Å². The number of halogens is 1. The van der Waals surface area contributed by atoms with Crippen molar-refractivity contribution >= 4 is 39.3 Å². The number of anilines is 2. The molecule has 1 amide bonds. The highest BCUT2D eigenvalue weighted by molar-refractivity contribution is 7.99. The number of aryl methyl sites for hydroxylation is 1. The zero-order valence-electron chi connectivity index (χ0n) is 17.0. The first-order valence-corrected chi connectivity index (χ1v) is 12.5. The standard InChI is InChI=1S/C21H23FN2O5S2/c1-14-2-5-20(31(26,27)28)15(10-14)11-17-13-24(21(25)29-17)16-3-4-19(18(22)12-16)23-6-8-30-9-7-23/h2-5,10,12,17H,6-9,11,13H2,1H3,(H,26,27,28). The average Bonchev–Trinajstić information content (AvgIpc) is 3.07. The molecule has 1 atom stereocenters. The van der Waals surface area contributed by atoms with Gasteiger partial charge in [0.2, 0.25) is 0 Å². The molecular weight excluding hydrogens is 443 g/mol. The minimum Gasteiger partial charge on any atom is -0.444 e. The van der Waals surface area contributed by atoms with Gasteiger partial charge in [-0.05, 0) is 36.8 Å². The van der Waals surface area contributed by atoms with Gasteiger partial charge in [0.15, 0.2) is 0 Å². The molecule has 2 saturated heterocycles. The van der Waals surface area contributed by atoms with Gasteiger partial charge >= 0.3 is 6.09 Å². The summed E-state index contributed by atoms with van der Waals surface area (Å²) in [7, 11) is -4.40. The van der Waals surface area contributed by atoms with E-state index in [4.69, 9.17) is 4.74 Å². The Morgan fingerprint density at radius 1 is 1.19 bits per heavy atom. The van der Waals surface area contributed by atoms with Crippen molar-refractivity contribution in [2.45, 2.75) is 24.3 Å². The third-order valence-electron chi connectivity index (χ3n) is 5.41. The number of cyclic esters (lactones) is 1. The Labute approximate surface area is 184 Å². The number of thioether (sulfide) groups is 1. The van der Waals surface area contributed by atoms with E-state index in [2.05, 4.69) is 0 Å². The Morgan fingerprint density at radius 3 is 2.61 bits per heavy atom. The van der Waals surface area contributed by atoms with Crippen LogP contribution in [0.15, 0.2) is 41.3 Å². The molecule has 1 unspecified atom stereocenters. The predicted octanol–water partition coefficient (Wildman–Crippen LogP) is 3.50. The Hall–Kier alpha value is -2.30. The van der Waals surface area contributed by atoms with Gasteiger partial charge in [0.25, 0.3) is 10.1 Å². The Kier molecular flexibility index (Phi) is 6.14. The molecule has 31 heavy (non-hydrogen) atoms. The maximum absolute atomic E-state index is 14.8. The summed E-state index contributed by atoms with van der Waals surface area (Å²) in [6, 6.07) is 9.27. The fourth-order valence-corrected chi connectivity index (χ4v) is 5.54. The molecule has 0 radical (unpaired) electrons. The highest BCUT2D eigenvalue weighted by atomic mass is 32.2. The monoisotopic (exact) mass is 466 g/mol. The van der Waals surface area contributed by atoms with Crippen LogP contribution in [0.1, 0.15) is 11.1 Å². The zero-order chi connectivity index (χ0) is 22.2. The van der Waals surface area contributed by atoms with Crippen LogP contribution in [0.4, 0.5) is 20.6 Å². The van der Waals surface area contributed by atoms with Crippen molar-refractivity contribution in [2.75, 3.05) is 40.9 Å². The third-order valence-corrected chi connectivity index (χ3v) is 7.31. The molecule has 0 bridgehead atoms. The summed E-state index contributed by atoms with van der Waals surface area (Å²) in [6.07, 6.45) is -1.13. The molecule has 2 heterocycles. The smallest absolute Gasteiger partial charge is 0.414 e. The molecule has 0 spiro atoms. The van der Waals surface area contributed by atoms with E-state index >= 15 is 0 Å². The number of hydrogen-bond acceptors (Lipinski definition) is 6. The molecule has 4 rings (SSSR count). The molecule has 2 aliphatic heterocycles. The van der Waals surface area contributed by atoms with E-state index in [-0.39, 0.29) is 17.9 Å². The lowest BCUT2D eigenvalue weighted by atomic mass is 10.1. The van der Waals surface area contributed by atoms with E-state index in [1.165, 1.54) is 17.0 Å². The van der Waals surface area contributed by atoms with Crippen LogP contribution in [0.2, 0.25) is 0 Å². The fourth-order valence-electron chi connectivity index (χ4n) is 3.93. The summed E-state index contributed by atoms with van der Waals surface area (Å²) >= 11 is 1.84. The lowest BCUT2D eigenvalue weighted by Crippen LogP contribution is -2.33. The number of carbonyl (C=O) groups excluding carboxylic acids is 1. The molecule has 2 aromatic carbocycles. The highest BCUT2D eigenvalue weighted by Gasteiger charge is 2.34. The maximum Gasteiger partial charge on any atom is 0.414 e.